The number of hydrogen-bond donors (Lipinski definition) is 1. The molecule has 1 aliphatic rings. The third kappa shape index (κ3) is 4.40. The number of sulfone groups is 1. The molecule has 2 rings (SSSR count). The molecule has 1 unspecified atom stereocenters. The van der Waals surface area contributed by atoms with Crippen molar-refractivity contribution in [2.75, 3.05) is 36.0 Å². The Morgan fingerprint density at radius 2 is 2.14 bits per heavy atom. The van der Waals surface area contributed by atoms with Crippen molar-refractivity contribution in [3.8, 4) is 0 Å². The van der Waals surface area contributed by atoms with Gasteiger partial charge in [-0.3, -0.25) is 0 Å². The Balaban J connectivity index is 2.10. The molecule has 0 amide bonds. The summed E-state index contributed by atoms with van der Waals surface area (Å²) in [4.78, 5) is 8.04. The van der Waals surface area contributed by atoms with Crippen LogP contribution in [-0.4, -0.2) is 44.5 Å². The molecule has 1 aromatic heterocycles. The second-order valence-corrected chi connectivity index (χ2v) is 8.93. The van der Waals surface area contributed by atoms with Gasteiger partial charge >= 0.3 is 0 Å². The molecule has 2 heterocycles. The maximum Gasteiger partial charge on any atom is 0.185 e. The van der Waals surface area contributed by atoms with Crippen LogP contribution in [0, 0.1) is 6.92 Å². The van der Waals surface area contributed by atoms with Crippen LogP contribution in [0.3, 0.4) is 0 Å². The monoisotopic (exact) mass is 331 g/mol. The van der Waals surface area contributed by atoms with Gasteiger partial charge in [0.25, 0.3) is 0 Å². The first kappa shape index (κ1) is 16.7. The van der Waals surface area contributed by atoms with Crippen molar-refractivity contribution >= 4 is 26.3 Å². The average molecular weight is 332 g/mol. The maximum absolute atomic E-state index is 11.7. The molecular weight excluding hydrogens is 306 g/mol. The predicted molar refractivity (Wildman–Crippen MR) is 89.0 cm³/mol. The maximum atomic E-state index is 11.7. The molecule has 1 fully saturated rings. The molecule has 1 N–H and O–H groups in total. The van der Waals surface area contributed by atoms with Gasteiger partial charge < -0.3 is 10.2 Å². The summed E-state index contributed by atoms with van der Waals surface area (Å²) in [6.07, 6.45) is 1.80. The van der Waals surface area contributed by atoms with Gasteiger partial charge in [0.1, 0.15) is 0 Å². The molecule has 7 heteroatoms. The quantitative estimate of drug-likeness (QED) is 0.895. The van der Waals surface area contributed by atoms with Crippen LogP contribution in [0.25, 0.3) is 0 Å². The molecule has 1 aliphatic heterocycles. The fraction of sp³-hybridized carbons (Fsp3) is 0.786. The number of aromatic nitrogens is 1. The lowest BCUT2D eigenvalue weighted by molar-refractivity contribution is 0.575. The zero-order valence-corrected chi connectivity index (χ0v) is 14.7. The van der Waals surface area contributed by atoms with Crippen LogP contribution in [0.15, 0.2) is 0 Å². The molecule has 1 aromatic rings. The third-order valence-corrected chi connectivity index (χ3v) is 6.86. The van der Waals surface area contributed by atoms with E-state index in [2.05, 4.69) is 29.0 Å². The molecule has 21 heavy (non-hydrogen) atoms. The summed E-state index contributed by atoms with van der Waals surface area (Å²) in [5.41, 5.74) is 1.05. The second-order valence-electron chi connectivity index (χ2n) is 5.61. The summed E-state index contributed by atoms with van der Waals surface area (Å²) in [6.45, 7) is 8.69. The fourth-order valence-corrected chi connectivity index (χ4v) is 4.93. The van der Waals surface area contributed by atoms with Crippen LogP contribution < -0.4 is 10.2 Å². The van der Waals surface area contributed by atoms with Crippen molar-refractivity contribution in [2.24, 2.45) is 0 Å². The van der Waals surface area contributed by atoms with E-state index in [1.807, 2.05) is 6.92 Å². The van der Waals surface area contributed by atoms with E-state index in [1.165, 1.54) is 4.88 Å². The lowest BCUT2D eigenvalue weighted by Crippen LogP contribution is -2.26. The summed E-state index contributed by atoms with van der Waals surface area (Å²) < 4.78 is 23.4. The third-order valence-electron chi connectivity index (χ3n) is 3.74. The zero-order chi connectivity index (χ0) is 15.5. The van der Waals surface area contributed by atoms with Crippen molar-refractivity contribution in [2.45, 2.75) is 39.7 Å². The van der Waals surface area contributed by atoms with Crippen LogP contribution >= 0.6 is 11.3 Å². The highest BCUT2D eigenvalue weighted by Gasteiger charge is 2.23. The summed E-state index contributed by atoms with van der Waals surface area (Å²) in [5.74, 6) is 0.541. The van der Waals surface area contributed by atoms with Crippen LogP contribution in [0.5, 0.6) is 0 Å². The Hall–Kier alpha value is -0.660. The van der Waals surface area contributed by atoms with Gasteiger partial charge in [0.05, 0.1) is 17.2 Å². The van der Waals surface area contributed by atoms with Gasteiger partial charge in [0, 0.05) is 24.0 Å². The van der Waals surface area contributed by atoms with Crippen LogP contribution in [0.4, 0.5) is 5.13 Å². The van der Waals surface area contributed by atoms with Crippen molar-refractivity contribution in [3.63, 3.8) is 0 Å². The number of nitrogens with zero attached hydrogens (tertiary/aromatic N) is 2. The summed E-state index contributed by atoms with van der Waals surface area (Å²) in [6, 6.07) is 0.298. The van der Waals surface area contributed by atoms with Crippen molar-refractivity contribution in [1.29, 1.82) is 0 Å². The summed E-state index contributed by atoms with van der Waals surface area (Å²) >= 11 is 1.69. The molecule has 0 saturated carbocycles. The van der Waals surface area contributed by atoms with Gasteiger partial charge in [0.15, 0.2) is 15.0 Å². The highest BCUT2D eigenvalue weighted by molar-refractivity contribution is 7.91. The number of nitrogens with one attached hydrogen (secondary N) is 1. The smallest absolute Gasteiger partial charge is 0.185 e. The Labute approximate surface area is 131 Å². The molecule has 0 spiro atoms. The van der Waals surface area contributed by atoms with E-state index in [0.717, 1.165) is 30.3 Å². The van der Waals surface area contributed by atoms with Gasteiger partial charge in [-0.2, -0.15) is 0 Å². The topological polar surface area (TPSA) is 62.3 Å². The molecule has 0 aromatic carbocycles. The van der Waals surface area contributed by atoms with Gasteiger partial charge in [-0.15, -0.1) is 11.3 Å². The first-order valence-electron chi connectivity index (χ1n) is 7.59. The summed E-state index contributed by atoms with van der Waals surface area (Å²) in [7, 11) is -2.87. The van der Waals surface area contributed by atoms with Crippen LogP contribution in [-0.2, 0) is 9.84 Å². The average Bonchev–Trinajstić information content (AvgIpc) is 2.71. The largest absolute Gasteiger partial charge is 0.347 e. The van der Waals surface area contributed by atoms with E-state index in [4.69, 9.17) is 0 Å². The highest BCUT2D eigenvalue weighted by atomic mass is 32.2. The van der Waals surface area contributed by atoms with Gasteiger partial charge in [-0.25, -0.2) is 13.4 Å². The van der Waals surface area contributed by atoms with Crippen molar-refractivity contribution in [1.82, 2.24) is 10.3 Å². The molecule has 120 valence electrons. The summed E-state index contributed by atoms with van der Waals surface area (Å²) in [5, 5.41) is 4.45. The molecule has 0 radical (unpaired) electrons. The Morgan fingerprint density at radius 3 is 2.86 bits per heavy atom. The first-order chi connectivity index (χ1) is 9.93. The number of thiazole rings is 1. The molecule has 0 aliphatic carbocycles. The minimum atomic E-state index is -2.87. The minimum absolute atomic E-state index is 0.241. The highest BCUT2D eigenvalue weighted by Crippen LogP contribution is 2.31. The molecular formula is C14H25N3O2S2. The van der Waals surface area contributed by atoms with Crippen molar-refractivity contribution in [3.05, 3.63) is 10.6 Å². The van der Waals surface area contributed by atoms with Gasteiger partial charge in [0.2, 0.25) is 0 Å². The minimum Gasteiger partial charge on any atom is -0.347 e. The lowest BCUT2D eigenvalue weighted by Gasteiger charge is -2.18. The second kappa shape index (κ2) is 7.07. The number of aryl methyl sites for hydroxylation is 1. The van der Waals surface area contributed by atoms with E-state index in [1.54, 1.807) is 11.3 Å². The van der Waals surface area contributed by atoms with E-state index in [-0.39, 0.29) is 5.75 Å². The van der Waals surface area contributed by atoms with E-state index >= 15 is 0 Å². The van der Waals surface area contributed by atoms with E-state index in [0.29, 0.717) is 24.8 Å². The zero-order valence-electron chi connectivity index (χ0n) is 13.1. The first-order valence-corrected chi connectivity index (χ1v) is 10.2. The van der Waals surface area contributed by atoms with Crippen LogP contribution in [0.1, 0.15) is 43.3 Å². The number of anilines is 1. The molecule has 5 nitrogen and oxygen atoms in total. The van der Waals surface area contributed by atoms with Gasteiger partial charge in [-0.05, 0) is 33.2 Å². The molecule has 0 bridgehead atoms. The van der Waals surface area contributed by atoms with Gasteiger partial charge in [-0.1, -0.05) is 6.92 Å². The Morgan fingerprint density at radius 1 is 1.38 bits per heavy atom. The lowest BCUT2D eigenvalue weighted by atomic mass is 10.2. The van der Waals surface area contributed by atoms with Crippen molar-refractivity contribution < 1.29 is 8.42 Å². The van der Waals surface area contributed by atoms with E-state index in [9.17, 15) is 8.42 Å². The van der Waals surface area contributed by atoms with Crippen LogP contribution in [0.2, 0.25) is 0 Å². The SMILES string of the molecule is CCCNC(C)c1sc(N2CCCS(=O)(=O)CC2)nc1C. The number of hydrogen-bond acceptors (Lipinski definition) is 6. The molecule has 1 atom stereocenters. The fourth-order valence-electron chi connectivity index (χ4n) is 2.51. The Kier molecular flexibility index (Phi) is 5.62. The van der Waals surface area contributed by atoms with E-state index < -0.39 is 9.84 Å². The standard InChI is InChI=1S/C14H25N3O2S2/c1-4-6-15-11(2)13-12(3)16-14(20-13)17-7-5-9-21(18,19)10-8-17/h11,15H,4-10H2,1-3H3. The number of rotatable bonds is 5. The Bertz CT molecular complexity index is 569. The molecule has 1 saturated heterocycles. The normalized spacial score (nSPS) is 20.2. The predicted octanol–water partition coefficient (Wildman–Crippen LogP) is 2.14.